The van der Waals surface area contributed by atoms with Crippen molar-refractivity contribution in [1.82, 2.24) is 4.98 Å². The fraction of sp³-hybridized carbons (Fsp3) is 0.100. The van der Waals surface area contributed by atoms with Gasteiger partial charge in [-0.15, -0.1) is 11.3 Å². The number of benzene rings is 1. The van der Waals surface area contributed by atoms with E-state index in [1.807, 2.05) is 0 Å². The molecule has 2 aromatic rings. The second kappa shape index (κ2) is 5.80. The van der Waals surface area contributed by atoms with Crippen LogP contribution in [-0.2, 0) is 6.54 Å². The fourth-order valence-corrected chi connectivity index (χ4v) is 2.47. The molecular formula is C10H7ClN4O4S. The van der Waals surface area contributed by atoms with Crippen LogP contribution in [0.2, 0.25) is 4.47 Å². The Balaban J connectivity index is 2.32. The minimum Gasteiger partial charge on any atom is -0.369 e. The van der Waals surface area contributed by atoms with Crippen LogP contribution in [0.15, 0.2) is 24.4 Å². The Morgan fingerprint density at radius 3 is 2.30 bits per heavy atom. The second-order valence-corrected chi connectivity index (χ2v) is 5.32. The average Bonchev–Trinajstić information content (AvgIpc) is 2.81. The molecule has 0 bridgehead atoms. The van der Waals surface area contributed by atoms with Gasteiger partial charge in [0.25, 0.3) is 11.4 Å². The maximum atomic E-state index is 10.9. The number of hydrogen-bond donors (Lipinski definition) is 1. The van der Waals surface area contributed by atoms with Crippen LogP contribution < -0.4 is 5.32 Å². The van der Waals surface area contributed by atoms with Crippen molar-refractivity contribution in [1.29, 1.82) is 0 Å². The highest BCUT2D eigenvalue weighted by atomic mass is 35.5. The van der Waals surface area contributed by atoms with Crippen molar-refractivity contribution >= 4 is 40.0 Å². The van der Waals surface area contributed by atoms with Crippen molar-refractivity contribution in [2.75, 3.05) is 5.32 Å². The summed E-state index contributed by atoms with van der Waals surface area (Å²) < 4.78 is 0.332. The normalized spacial score (nSPS) is 10.2. The molecular weight excluding hydrogens is 308 g/mol. The predicted molar refractivity (Wildman–Crippen MR) is 74.2 cm³/mol. The molecule has 10 heteroatoms. The van der Waals surface area contributed by atoms with Gasteiger partial charge in [0.1, 0.15) is 0 Å². The average molecular weight is 315 g/mol. The summed E-state index contributed by atoms with van der Waals surface area (Å²) in [6, 6.07) is 3.68. The van der Waals surface area contributed by atoms with E-state index in [1.165, 1.54) is 35.7 Å². The molecule has 0 atom stereocenters. The molecule has 0 radical (unpaired) electrons. The van der Waals surface area contributed by atoms with Crippen LogP contribution in [0.3, 0.4) is 0 Å². The number of halogens is 1. The van der Waals surface area contributed by atoms with Crippen molar-refractivity contribution in [3.63, 3.8) is 0 Å². The molecule has 2 rings (SSSR count). The molecule has 0 saturated carbocycles. The molecule has 0 spiro atoms. The number of aromatic nitrogens is 1. The van der Waals surface area contributed by atoms with E-state index in [4.69, 9.17) is 11.6 Å². The molecule has 0 fully saturated rings. The first-order chi connectivity index (χ1) is 9.49. The molecule has 20 heavy (non-hydrogen) atoms. The van der Waals surface area contributed by atoms with Gasteiger partial charge in [-0.2, -0.15) is 0 Å². The van der Waals surface area contributed by atoms with Crippen LogP contribution in [0, 0.1) is 20.2 Å². The van der Waals surface area contributed by atoms with Gasteiger partial charge in [0, 0.05) is 23.2 Å². The largest absolute Gasteiger partial charge is 0.369 e. The molecule has 0 aliphatic carbocycles. The molecule has 1 N–H and O–H groups in total. The van der Waals surface area contributed by atoms with Crippen molar-refractivity contribution in [3.05, 3.63) is 54.0 Å². The predicted octanol–water partition coefficient (Wildman–Crippen LogP) is 3.23. The van der Waals surface area contributed by atoms with Gasteiger partial charge >= 0.3 is 0 Å². The zero-order valence-corrected chi connectivity index (χ0v) is 11.3. The van der Waals surface area contributed by atoms with Crippen LogP contribution >= 0.6 is 22.9 Å². The smallest absolute Gasteiger partial charge is 0.299 e. The molecule has 1 heterocycles. The molecule has 1 aromatic carbocycles. The van der Waals surface area contributed by atoms with Crippen LogP contribution in [0.1, 0.15) is 4.88 Å². The van der Waals surface area contributed by atoms with E-state index in [-0.39, 0.29) is 23.6 Å². The summed E-state index contributed by atoms with van der Waals surface area (Å²) in [6.07, 6.45) is 1.50. The van der Waals surface area contributed by atoms with Crippen molar-refractivity contribution in [3.8, 4) is 0 Å². The van der Waals surface area contributed by atoms with Gasteiger partial charge in [0.15, 0.2) is 10.2 Å². The maximum absolute atomic E-state index is 10.9. The van der Waals surface area contributed by atoms with E-state index < -0.39 is 9.85 Å². The summed E-state index contributed by atoms with van der Waals surface area (Å²) in [5.74, 6) is 0. The number of para-hydroxylation sites is 1. The van der Waals surface area contributed by atoms with Gasteiger partial charge in [-0.1, -0.05) is 11.6 Å². The first-order valence-electron chi connectivity index (χ1n) is 5.25. The Morgan fingerprint density at radius 1 is 1.25 bits per heavy atom. The van der Waals surface area contributed by atoms with Crippen LogP contribution in [0.25, 0.3) is 0 Å². The highest BCUT2D eigenvalue weighted by molar-refractivity contribution is 7.15. The van der Waals surface area contributed by atoms with Crippen molar-refractivity contribution in [2.45, 2.75) is 6.54 Å². The number of nitro benzene ring substituents is 2. The lowest BCUT2D eigenvalue weighted by molar-refractivity contribution is -0.392. The summed E-state index contributed by atoms with van der Waals surface area (Å²) >= 11 is 6.86. The molecule has 104 valence electrons. The molecule has 0 amide bonds. The zero-order chi connectivity index (χ0) is 14.7. The number of hydrogen-bond acceptors (Lipinski definition) is 7. The Bertz CT molecular complexity index is 643. The van der Waals surface area contributed by atoms with E-state index >= 15 is 0 Å². The molecule has 1 aromatic heterocycles. The van der Waals surface area contributed by atoms with Gasteiger partial charge in [-0.05, 0) is 6.07 Å². The van der Waals surface area contributed by atoms with E-state index in [0.717, 1.165) is 0 Å². The summed E-state index contributed by atoms with van der Waals surface area (Å²) in [5, 5.41) is 24.6. The highest BCUT2D eigenvalue weighted by Gasteiger charge is 2.24. The van der Waals surface area contributed by atoms with Gasteiger partial charge in [-0.25, -0.2) is 4.98 Å². The summed E-state index contributed by atoms with van der Waals surface area (Å²) in [6.45, 7) is 0.163. The van der Waals surface area contributed by atoms with Crippen LogP contribution in [0.5, 0.6) is 0 Å². The zero-order valence-electron chi connectivity index (χ0n) is 9.78. The number of nitro groups is 2. The van der Waals surface area contributed by atoms with Gasteiger partial charge in [-0.3, -0.25) is 20.2 Å². The Kier molecular flexibility index (Phi) is 4.11. The standard InChI is InChI=1S/C10H7ClN4O4S/c11-10-13-5-6(20-10)4-12-9-7(14(16)17)2-1-3-8(9)15(18)19/h1-3,5,12H,4H2. The van der Waals surface area contributed by atoms with Crippen molar-refractivity contribution < 1.29 is 9.85 Å². The SMILES string of the molecule is O=[N+]([O-])c1cccc([N+](=O)[O-])c1NCc1cnc(Cl)s1. The number of nitrogens with one attached hydrogen (secondary N) is 1. The molecule has 0 aliphatic heterocycles. The molecule has 0 aliphatic rings. The lowest BCUT2D eigenvalue weighted by Crippen LogP contribution is -2.04. The summed E-state index contributed by atoms with van der Waals surface area (Å²) in [4.78, 5) is 25.0. The Morgan fingerprint density at radius 2 is 1.85 bits per heavy atom. The third-order valence-corrected chi connectivity index (χ3v) is 3.49. The first kappa shape index (κ1) is 14.2. The minimum absolute atomic E-state index is 0.132. The lowest BCUT2D eigenvalue weighted by atomic mass is 10.2. The Hall–Kier alpha value is -2.26. The maximum Gasteiger partial charge on any atom is 0.299 e. The van der Waals surface area contributed by atoms with Crippen molar-refractivity contribution in [2.24, 2.45) is 0 Å². The molecule has 0 unspecified atom stereocenters. The minimum atomic E-state index is -0.672. The van der Waals surface area contributed by atoms with E-state index in [2.05, 4.69) is 10.3 Å². The Labute approximate surface area is 121 Å². The van der Waals surface area contributed by atoms with Gasteiger partial charge in [0.05, 0.1) is 16.4 Å². The van der Waals surface area contributed by atoms with E-state index in [1.54, 1.807) is 0 Å². The molecule has 0 saturated heterocycles. The summed E-state index contributed by atoms with van der Waals surface area (Å²) in [7, 11) is 0. The summed E-state index contributed by atoms with van der Waals surface area (Å²) in [5.41, 5.74) is -0.836. The monoisotopic (exact) mass is 314 g/mol. The van der Waals surface area contributed by atoms with E-state index in [9.17, 15) is 20.2 Å². The third-order valence-electron chi connectivity index (χ3n) is 2.38. The van der Waals surface area contributed by atoms with Crippen LogP contribution in [0.4, 0.5) is 17.1 Å². The fourth-order valence-electron chi connectivity index (χ4n) is 1.55. The van der Waals surface area contributed by atoms with Gasteiger partial charge in [0.2, 0.25) is 0 Å². The third kappa shape index (κ3) is 3.00. The molecule has 8 nitrogen and oxygen atoms in total. The number of thiazole rings is 1. The number of rotatable bonds is 5. The van der Waals surface area contributed by atoms with Crippen LogP contribution in [-0.4, -0.2) is 14.8 Å². The second-order valence-electron chi connectivity index (χ2n) is 3.62. The van der Waals surface area contributed by atoms with E-state index in [0.29, 0.717) is 9.34 Å². The lowest BCUT2D eigenvalue weighted by Gasteiger charge is -2.06. The number of nitrogens with zero attached hydrogens (tertiary/aromatic N) is 3. The highest BCUT2D eigenvalue weighted by Crippen LogP contribution is 2.34. The number of anilines is 1. The first-order valence-corrected chi connectivity index (χ1v) is 6.44. The quantitative estimate of drug-likeness (QED) is 0.670. The van der Waals surface area contributed by atoms with Gasteiger partial charge < -0.3 is 5.32 Å². The topological polar surface area (TPSA) is 111 Å².